The van der Waals surface area contributed by atoms with E-state index in [9.17, 15) is 0 Å². The Morgan fingerprint density at radius 3 is 2.71 bits per heavy atom. The van der Waals surface area contributed by atoms with Crippen LogP contribution in [-0.4, -0.2) is 0 Å². The summed E-state index contributed by atoms with van der Waals surface area (Å²) in [7, 11) is 0. The van der Waals surface area contributed by atoms with Crippen molar-refractivity contribution in [3.63, 3.8) is 0 Å². The second kappa shape index (κ2) is 5.99. The van der Waals surface area contributed by atoms with Gasteiger partial charge in [-0.05, 0) is 73.2 Å². The first-order valence-corrected chi connectivity index (χ1v) is 7.95. The fourth-order valence-corrected chi connectivity index (χ4v) is 3.96. The molecule has 2 rings (SSSR count). The van der Waals surface area contributed by atoms with Gasteiger partial charge in [-0.1, -0.05) is 11.6 Å². The largest absolute Gasteiger partial charge is 0.271 e. The van der Waals surface area contributed by atoms with E-state index in [0.717, 1.165) is 19.2 Å². The van der Waals surface area contributed by atoms with Gasteiger partial charge in [0.15, 0.2) is 0 Å². The minimum absolute atomic E-state index is 0.0544. The molecule has 1 atom stereocenters. The van der Waals surface area contributed by atoms with E-state index < -0.39 is 0 Å². The first kappa shape index (κ1) is 13.8. The summed E-state index contributed by atoms with van der Waals surface area (Å²) in [6.07, 6.45) is 0. The van der Waals surface area contributed by atoms with Crippen LogP contribution >= 0.6 is 61.5 Å². The lowest BCUT2D eigenvalue weighted by atomic mass is 10.0. The second-order valence-electron chi connectivity index (χ2n) is 3.44. The number of thiophene rings is 1. The standard InChI is InChI=1S/C11H9BrClIN2S/c12-9-5-17-4-8(9)11(16-15)7-3-6(13)1-2-10(7)14/h1-5,11,16H,15H2. The highest BCUT2D eigenvalue weighted by Crippen LogP contribution is 2.34. The summed E-state index contributed by atoms with van der Waals surface area (Å²) in [5.41, 5.74) is 5.05. The Kier molecular flexibility index (Phi) is 4.85. The van der Waals surface area contributed by atoms with Gasteiger partial charge in [0.1, 0.15) is 0 Å². The maximum atomic E-state index is 6.04. The van der Waals surface area contributed by atoms with Crippen LogP contribution < -0.4 is 11.3 Å². The van der Waals surface area contributed by atoms with E-state index >= 15 is 0 Å². The molecule has 3 N–H and O–H groups in total. The number of nitrogens with two attached hydrogens (primary N) is 1. The molecule has 90 valence electrons. The van der Waals surface area contributed by atoms with E-state index in [2.05, 4.69) is 49.3 Å². The van der Waals surface area contributed by atoms with E-state index in [1.165, 1.54) is 0 Å². The number of halogens is 3. The molecule has 0 saturated carbocycles. The predicted molar refractivity (Wildman–Crippen MR) is 85.4 cm³/mol. The number of benzene rings is 1. The van der Waals surface area contributed by atoms with Crippen molar-refractivity contribution in [2.75, 3.05) is 0 Å². The predicted octanol–water partition coefficient (Wildman–Crippen LogP) is 4.32. The topological polar surface area (TPSA) is 38.0 Å². The van der Waals surface area contributed by atoms with Crippen LogP contribution in [0.1, 0.15) is 17.2 Å². The lowest BCUT2D eigenvalue weighted by Gasteiger charge is -2.18. The Hall–Kier alpha value is 0.340. The third kappa shape index (κ3) is 3.02. The van der Waals surface area contributed by atoms with E-state index in [1.54, 1.807) is 11.3 Å². The van der Waals surface area contributed by atoms with Crippen LogP contribution in [0, 0.1) is 3.57 Å². The number of hydrazine groups is 1. The molecule has 0 saturated heterocycles. The zero-order valence-corrected chi connectivity index (χ0v) is 13.9. The summed E-state index contributed by atoms with van der Waals surface area (Å²) < 4.78 is 2.19. The Morgan fingerprint density at radius 1 is 1.35 bits per heavy atom. The summed E-state index contributed by atoms with van der Waals surface area (Å²) in [6.45, 7) is 0. The van der Waals surface area contributed by atoms with Gasteiger partial charge in [0.2, 0.25) is 0 Å². The molecule has 1 aromatic heterocycles. The fraction of sp³-hybridized carbons (Fsp3) is 0.0909. The van der Waals surface area contributed by atoms with Gasteiger partial charge in [-0.2, -0.15) is 11.3 Å². The van der Waals surface area contributed by atoms with Gasteiger partial charge in [0.05, 0.1) is 6.04 Å². The van der Waals surface area contributed by atoms with E-state index in [4.69, 9.17) is 17.4 Å². The molecule has 1 heterocycles. The minimum Gasteiger partial charge on any atom is -0.271 e. The average molecular weight is 444 g/mol. The second-order valence-corrected chi connectivity index (χ2v) is 6.64. The first-order valence-electron chi connectivity index (χ1n) is 4.76. The van der Waals surface area contributed by atoms with Gasteiger partial charge in [-0.25, -0.2) is 5.43 Å². The SMILES string of the molecule is NNC(c1cscc1Br)c1cc(Cl)ccc1I. The van der Waals surface area contributed by atoms with Gasteiger partial charge >= 0.3 is 0 Å². The maximum Gasteiger partial charge on any atom is 0.0739 e. The van der Waals surface area contributed by atoms with Crippen LogP contribution in [0.4, 0.5) is 0 Å². The number of hydrogen-bond acceptors (Lipinski definition) is 3. The number of nitrogens with one attached hydrogen (secondary N) is 1. The van der Waals surface area contributed by atoms with Crippen molar-refractivity contribution in [1.82, 2.24) is 5.43 Å². The highest BCUT2D eigenvalue weighted by atomic mass is 127. The molecule has 0 aliphatic carbocycles. The maximum absolute atomic E-state index is 6.04. The molecule has 0 aliphatic heterocycles. The smallest absolute Gasteiger partial charge is 0.0739 e. The molecule has 0 amide bonds. The number of rotatable bonds is 3. The Bertz CT molecular complexity index is 532. The van der Waals surface area contributed by atoms with Crippen LogP contribution in [0.2, 0.25) is 5.02 Å². The first-order chi connectivity index (χ1) is 8.13. The van der Waals surface area contributed by atoms with Gasteiger partial charge in [0.25, 0.3) is 0 Å². The molecule has 0 spiro atoms. The summed E-state index contributed by atoms with van der Waals surface area (Å²) >= 11 is 13.5. The van der Waals surface area contributed by atoms with Crippen LogP contribution in [0.3, 0.4) is 0 Å². The molecule has 0 radical (unpaired) electrons. The highest BCUT2D eigenvalue weighted by molar-refractivity contribution is 14.1. The normalized spacial score (nSPS) is 12.7. The highest BCUT2D eigenvalue weighted by Gasteiger charge is 2.18. The van der Waals surface area contributed by atoms with Crippen LogP contribution in [-0.2, 0) is 0 Å². The van der Waals surface area contributed by atoms with Crippen molar-refractivity contribution < 1.29 is 0 Å². The fourth-order valence-electron chi connectivity index (χ4n) is 1.58. The van der Waals surface area contributed by atoms with Gasteiger partial charge in [0, 0.05) is 18.4 Å². The monoisotopic (exact) mass is 442 g/mol. The lowest BCUT2D eigenvalue weighted by Crippen LogP contribution is -2.29. The third-order valence-corrected chi connectivity index (χ3v) is 5.36. The minimum atomic E-state index is -0.0544. The van der Waals surface area contributed by atoms with Gasteiger partial charge in [-0.3, -0.25) is 5.84 Å². The van der Waals surface area contributed by atoms with Crippen molar-refractivity contribution in [2.24, 2.45) is 5.84 Å². The molecule has 6 heteroatoms. The van der Waals surface area contributed by atoms with Crippen molar-refractivity contribution in [3.05, 3.63) is 53.2 Å². The molecule has 2 nitrogen and oxygen atoms in total. The van der Waals surface area contributed by atoms with E-state index in [-0.39, 0.29) is 6.04 Å². The zero-order chi connectivity index (χ0) is 12.4. The van der Waals surface area contributed by atoms with Crippen LogP contribution in [0.25, 0.3) is 0 Å². The number of hydrogen-bond donors (Lipinski definition) is 2. The Morgan fingerprint density at radius 2 is 2.12 bits per heavy atom. The van der Waals surface area contributed by atoms with Crippen molar-refractivity contribution in [2.45, 2.75) is 6.04 Å². The molecule has 1 unspecified atom stereocenters. The summed E-state index contributed by atoms with van der Waals surface area (Å²) in [5.74, 6) is 5.67. The van der Waals surface area contributed by atoms with E-state index in [1.807, 2.05) is 23.6 Å². The summed E-state index contributed by atoms with van der Waals surface area (Å²) in [5, 5.41) is 4.83. The molecular formula is C11H9BrClIN2S. The average Bonchev–Trinajstić information content (AvgIpc) is 2.71. The molecule has 0 aliphatic rings. The molecule has 0 fully saturated rings. The van der Waals surface area contributed by atoms with Gasteiger partial charge < -0.3 is 0 Å². The molecule has 1 aromatic carbocycles. The summed E-state index contributed by atoms with van der Waals surface area (Å²) in [6, 6.07) is 5.75. The molecular weight excluding hydrogens is 434 g/mol. The van der Waals surface area contributed by atoms with Crippen molar-refractivity contribution in [3.8, 4) is 0 Å². The lowest BCUT2D eigenvalue weighted by molar-refractivity contribution is 0.634. The van der Waals surface area contributed by atoms with Gasteiger partial charge in [-0.15, -0.1) is 0 Å². The Balaban J connectivity index is 2.49. The molecule has 0 bridgehead atoms. The third-order valence-electron chi connectivity index (χ3n) is 2.39. The van der Waals surface area contributed by atoms with Crippen molar-refractivity contribution in [1.29, 1.82) is 0 Å². The zero-order valence-electron chi connectivity index (χ0n) is 8.58. The van der Waals surface area contributed by atoms with Crippen LogP contribution in [0.15, 0.2) is 33.4 Å². The summed E-state index contributed by atoms with van der Waals surface area (Å²) in [4.78, 5) is 0. The van der Waals surface area contributed by atoms with Crippen molar-refractivity contribution >= 4 is 61.5 Å². The van der Waals surface area contributed by atoms with Crippen LogP contribution in [0.5, 0.6) is 0 Å². The molecule has 17 heavy (non-hydrogen) atoms. The van der Waals surface area contributed by atoms with E-state index in [0.29, 0.717) is 5.02 Å². The Labute approximate surface area is 131 Å². The molecule has 2 aromatic rings. The quantitative estimate of drug-likeness (QED) is 0.421.